The van der Waals surface area contributed by atoms with Crippen molar-refractivity contribution in [3.05, 3.63) is 59.8 Å². The van der Waals surface area contributed by atoms with E-state index in [0.717, 1.165) is 52.2 Å². The van der Waals surface area contributed by atoms with Gasteiger partial charge in [0.15, 0.2) is 0 Å². The molecule has 1 aliphatic rings. The average Bonchev–Trinajstić information content (AvgIpc) is 3.27. The van der Waals surface area contributed by atoms with Gasteiger partial charge in [0.2, 0.25) is 0 Å². The highest BCUT2D eigenvalue weighted by molar-refractivity contribution is 5.95. The van der Waals surface area contributed by atoms with Crippen LogP contribution in [0.4, 0.5) is 15.9 Å². The van der Waals surface area contributed by atoms with Crippen LogP contribution in [0.15, 0.2) is 48.5 Å². The van der Waals surface area contributed by atoms with E-state index in [2.05, 4.69) is 33.2 Å². The van der Waals surface area contributed by atoms with Crippen LogP contribution in [0.2, 0.25) is 0 Å². The molecule has 33 heavy (non-hydrogen) atoms. The lowest BCUT2D eigenvalue weighted by atomic mass is 9.92. The van der Waals surface area contributed by atoms with E-state index in [1.54, 1.807) is 0 Å². The molecule has 168 valence electrons. The number of benzene rings is 2. The molecule has 0 unspecified atom stereocenters. The molecule has 0 bridgehead atoms. The van der Waals surface area contributed by atoms with Crippen LogP contribution in [-0.2, 0) is 7.05 Å². The molecule has 1 fully saturated rings. The second-order valence-electron chi connectivity index (χ2n) is 8.50. The number of anilines is 2. The largest absolute Gasteiger partial charge is 0.491 e. The third-order valence-corrected chi connectivity index (χ3v) is 6.31. The first-order chi connectivity index (χ1) is 16.1. The fourth-order valence-corrected chi connectivity index (χ4v) is 4.54. The molecule has 0 spiro atoms. The molecule has 1 aliphatic carbocycles. The third-order valence-electron chi connectivity index (χ3n) is 6.31. The van der Waals surface area contributed by atoms with E-state index in [9.17, 15) is 9.65 Å². The second kappa shape index (κ2) is 8.62. The Hall–Kier alpha value is -3.79. The lowest BCUT2D eigenvalue weighted by Gasteiger charge is -2.30. The van der Waals surface area contributed by atoms with Crippen LogP contribution >= 0.6 is 0 Å². The molecular formula is C26H26FN5O. The van der Waals surface area contributed by atoms with Gasteiger partial charge in [0.25, 0.3) is 0 Å². The quantitative estimate of drug-likeness (QED) is 0.378. The topological polar surface area (TPSA) is 67.8 Å². The summed E-state index contributed by atoms with van der Waals surface area (Å²) in [5.41, 5.74) is 5.46. The molecule has 0 amide bonds. The number of halogens is 1. The number of ether oxygens (including phenoxy) is 1. The minimum absolute atomic E-state index is 0.0260. The van der Waals surface area contributed by atoms with Gasteiger partial charge in [0.05, 0.1) is 22.5 Å². The number of hydrogen-bond donors (Lipinski definition) is 1. The monoisotopic (exact) mass is 443 g/mol. The van der Waals surface area contributed by atoms with Gasteiger partial charge in [0.1, 0.15) is 30.9 Å². The molecule has 7 heteroatoms. The third kappa shape index (κ3) is 3.82. The summed E-state index contributed by atoms with van der Waals surface area (Å²) in [6.07, 6.45) is 3.34. The van der Waals surface area contributed by atoms with Crippen LogP contribution in [0, 0.1) is 18.3 Å². The molecule has 5 rings (SSSR count). The second-order valence-corrected chi connectivity index (χ2v) is 8.50. The van der Waals surface area contributed by atoms with Crippen LogP contribution in [0.1, 0.15) is 36.6 Å². The molecule has 2 heterocycles. The molecule has 1 N–H and O–H groups in total. The highest BCUT2D eigenvalue weighted by atomic mass is 19.1. The van der Waals surface area contributed by atoms with Crippen molar-refractivity contribution in [2.75, 3.05) is 18.6 Å². The predicted molar refractivity (Wildman–Crippen MR) is 128 cm³/mol. The molecule has 1 saturated carbocycles. The zero-order chi connectivity index (χ0) is 22.9. The van der Waals surface area contributed by atoms with Gasteiger partial charge in [-0.15, -0.1) is 0 Å². The Bertz CT molecular complexity index is 1340. The lowest BCUT2D eigenvalue weighted by Crippen LogP contribution is -2.17. The predicted octanol–water partition coefficient (Wildman–Crippen LogP) is 6.04. The van der Waals surface area contributed by atoms with E-state index in [0.29, 0.717) is 17.4 Å². The standard InChI is InChI=1S/C26H26FN5O/c1-17-14-25(31(2)30-17)29-19-8-6-18(7-9-19)26-23(16-28)22-11-10-21(33-13-12-27)15-24(22)32(26)20-4-3-5-20/h6-11,14-15,20,29H,3-5,12-13H2,1-2H3. The Morgan fingerprint density at radius 3 is 2.58 bits per heavy atom. The number of aromatic nitrogens is 3. The van der Waals surface area contributed by atoms with E-state index in [1.165, 1.54) is 6.42 Å². The van der Waals surface area contributed by atoms with Crippen LogP contribution < -0.4 is 10.1 Å². The van der Waals surface area contributed by atoms with Gasteiger partial charge >= 0.3 is 0 Å². The molecule has 0 atom stereocenters. The SMILES string of the molecule is Cc1cc(Nc2ccc(-c3c(C#N)c4ccc(OCCF)cc4n3C3CCC3)cc2)n(C)n1. The lowest BCUT2D eigenvalue weighted by molar-refractivity contribution is 0.273. The Balaban J connectivity index is 1.58. The van der Waals surface area contributed by atoms with Gasteiger partial charge in [0, 0.05) is 36.3 Å². The fraction of sp³-hybridized carbons (Fsp3) is 0.308. The van der Waals surface area contributed by atoms with Gasteiger partial charge in [-0.05, 0) is 56.0 Å². The Morgan fingerprint density at radius 1 is 1.18 bits per heavy atom. The first-order valence-corrected chi connectivity index (χ1v) is 11.2. The minimum Gasteiger partial charge on any atom is -0.491 e. The maximum atomic E-state index is 12.6. The van der Waals surface area contributed by atoms with Gasteiger partial charge in [-0.1, -0.05) is 12.1 Å². The van der Waals surface area contributed by atoms with Crippen molar-refractivity contribution in [1.82, 2.24) is 14.3 Å². The molecular weight excluding hydrogens is 417 g/mol. The summed E-state index contributed by atoms with van der Waals surface area (Å²) >= 11 is 0. The number of nitrogens with one attached hydrogen (secondary N) is 1. The summed E-state index contributed by atoms with van der Waals surface area (Å²) in [4.78, 5) is 0. The maximum absolute atomic E-state index is 12.6. The van der Waals surface area contributed by atoms with Crippen LogP contribution in [0.5, 0.6) is 5.75 Å². The summed E-state index contributed by atoms with van der Waals surface area (Å²) in [5.74, 6) is 1.54. The number of aryl methyl sites for hydroxylation is 2. The van der Waals surface area contributed by atoms with E-state index < -0.39 is 6.67 Å². The summed E-state index contributed by atoms with van der Waals surface area (Å²) in [5, 5.41) is 18.8. The summed E-state index contributed by atoms with van der Waals surface area (Å²) in [6, 6.07) is 18.6. The van der Waals surface area contributed by atoms with Gasteiger partial charge in [-0.25, -0.2) is 4.39 Å². The zero-order valence-corrected chi connectivity index (χ0v) is 18.8. The van der Waals surface area contributed by atoms with E-state index in [1.807, 2.05) is 55.1 Å². The normalized spacial score (nSPS) is 13.6. The molecule has 0 radical (unpaired) electrons. The van der Waals surface area contributed by atoms with Crippen LogP contribution in [0.3, 0.4) is 0 Å². The maximum Gasteiger partial charge on any atom is 0.128 e. The number of fused-ring (bicyclic) bond motifs is 1. The minimum atomic E-state index is -0.533. The van der Waals surface area contributed by atoms with Crippen LogP contribution in [-0.4, -0.2) is 27.6 Å². The average molecular weight is 444 g/mol. The summed E-state index contributed by atoms with van der Waals surface area (Å²) in [6.45, 7) is 1.46. The molecule has 0 saturated heterocycles. The summed E-state index contributed by atoms with van der Waals surface area (Å²) < 4.78 is 22.3. The zero-order valence-electron chi connectivity index (χ0n) is 18.8. The Morgan fingerprint density at radius 2 is 1.97 bits per heavy atom. The van der Waals surface area contributed by atoms with Crippen molar-refractivity contribution in [1.29, 1.82) is 5.26 Å². The highest BCUT2D eigenvalue weighted by Gasteiger charge is 2.28. The van der Waals surface area contributed by atoms with Gasteiger partial charge in [-0.2, -0.15) is 10.4 Å². The van der Waals surface area contributed by atoms with Crippen molar-refractivity contribution in [2.24, 2.45) is 7.05 Å². The number of rotatable bonds is 7. The van der Waals surface area contributed by atoms with Crippen molar-refractivity contribution in [2.45, 2.75) is 32.2 Å². The Kier molecular flexibility index (Phi) is 5.51. The highest BCUT2D eigenvalue weighted by Crippen LogP contribution is 2.43. The van der Waals surface area contributed by atoms with Crippen LogP contribution in [0.25, 0.3) is 22.2 Å². The van der Waals surface area contributed by atoms with Crippen molar-refractivity contribution < 1.29 is 9.13 Å². The molecule has 4 aromatic rings. The Labute approximate surface area is 192 Å². The van der Waals surface area contributed by atoms with Crippen molar-refractivity contribution in [3.8, 4) is 23.1 Å². The summed E-state index contributed by atoms with van der Waals surface area (Å²) in [7, 11) is 1.91. The van der Waals surface area contributed by atoms with Gasteiger partial charge < -0.3 is 14.6 Å². The molecule has 0 aliphatic heterocycles. The van der Waals surface area contributed by atoms with Gasteiger partial charge in [-0.3, -0.25) is 4.68 Å². The first-order valence-electron chi connectivity index (χ1n) is 11.2. The van der Waals surface area contributed by atoms with E-state index in [4.69, 9.17) is 4.74 Å². The molecule has 6 nitrogen and oxygen atoms in total. The first kappa shape index (κ1) is 21.1. The number of nitriles is 1. The van der Waals surface area contributed by atoms with E-state index in [-0.39, 0.29) is 6.61 Å². The molecule has 2 aromatic heterocycles. The van der Waals surface area contributed by atoms with Crippen molar-refractivity contribution >= 4 is 22.4 Å². The molecule has 2 aromatic carbocycles. The van der Waals surface area contributed by atoms with Crippen molar-refractivity contribution in [3.63, 3.8) is 0 Å². The fourth-order valence-electron chi connectivity index (χ4n) is 4.54. The number of nitrogens with zero attached hydrogens (tertiary/aromatic N) is 4. The smallest absolute Gasteiger partial charge is 0.128 e. The number of alkyl halides is 1. The number of hydrogen-bond acceptors (Lipinski definition) is 4. The van der Waals surface area contributed by atoms with E-state index >= 15 is 0 Å².